The van der Waals surface area contributed by atoms with Crippen molar-refractivity contribution in [1.82, 2.24) is 10.2 Å². The lowest BCUT2D eigenvalue weighted by Crippen LogP contribution is -2.38. The molecular weight excluding hydrogens is 228 g/mol. The van der Waals surface area contributed by atoms with Crippen LogP contribution in [0.4, 0.5) is 0 Å². The zero-order chi connectivity index (χ0) is 13.4. The van der Waals surface area contributed by atoms with E-state index in [-0.39, 0.29) is 0 Å². The maximum atomic E-state index is 10.6. The molecular formula is C14H26N2O2. The first kappa shape index (κ1) is 15.2. The molecule has 4 nitrogen and oxygen atoms in total. The normalized spacial score (nSPS) is 22.1. The number of likely N-dealkylation sites (tertiary alicyclic amines) is 1. The number of hydrogen-bond donors (Lipinski definition) is 2. The number of rotatable bonds is 7. The standard InChI is InChI=1S/C14H26N2O2/c1-12(14(17)18)7-9-15-8-5-11-16-10-4-3-6-13(16)2/h7,13,15H,3-6,8-11H2,1-2H3,(H,17,18)/b12-7-. The fourth-order valence-electron chi connectivity index (χ4n) is 2.31. The van der Waals surface area contributed by atoms with Gasteiger partial charge < -0.3 is 15.3 Å². The molecule has 2 N–H and O–H groups in total. The molecule has 4 heteroatoms. The third kappa shape index (κ3) is 5.65. The van der Waals surface area contributed by atoms with Crippen molar-refractivity contribution in [2.75, 3.05) is 26.2 Å². The summed E-state index contributed by atoms with van der Waals surface area (Å²) in [7, 11) is 0. The number of carboxylic acids is 1. The molecule has 0 radical (unpaired) electrons. The van der Waals surface area contributed by atoms with E-state index in [0.717, 1.165) is 25.6 Å². The monoisotopic (exact) mass is 254 g/mol. The highest BCUT2D eigenvalue weighted by Crippen LogP contribution is 2.15. The van der Waals surface area contributed by atoms with Crippen molar-refractivity contribution in [3.63, 3.8) is 0 Å². The van der Waals surface area contributed by atoms with Crippen LogP contribution in [0.2, 0.25) is 0 Å². The summed E-state index contributed by atoms with van der Waals surface area (Å²) < 4.78 is 0. The molecule has 0 bridgehead atoms. The van der Waals surface area contributed by atoms with Gasteiger partial charge in [0.05, 0.1) is 0 Å². The topological polar surface area (TPSA) is 52.6 Å². The second kappa shape index (κ2) is 8.27. The highest BCUT2D eigenvalue weighted by Gasteiger charge is 2.16. The average Bonchev–Trinajstić information content (AvgIpc) is 2.35. The van der Waals surface area contributed by atoms with E-state index < -0.39 is 5.97 Å². The van der Waals surface area contributed by atoms with Crippen LogP contribution < -0.4 is 5.32 Å². The van der Waals surface area contributed by atoms with Crippen molar-refractivity contribution in [3.05, 3.63) is 11.6 Å². The molecule has 0 aliphatic carbocycles. The molecule has 18 heavy (non-hydrogen) atoms. The van der Waals surface area contributed by atoms with Gasteiger partial charge in [-0.25, -0.2) is 4.79 Å². The van der Waals surface area contributed by atoms with E-state index in [9.17, 15) is 4.79 Å². The Hall–Kier alpha value is -0.870. The Kier molecular flexibility index (Phi) is 6.98. The minimum absolute atomic E-state index is 0.409. The first-order valence-electron chi connectivity index (χ1n) is 6.96. The van der Waals surface area contributed by atoms with E-state index in [0.29, 0.717) is 12.1 Å². The summed E-state index contributed by atoms with van der Waals surface area (Å²) >= 11 is 0. The van der Waals surface area contributed by atoms with E-state index in [1.807, 2.05) is 0 Å². The minimum atomic E-state index is -0.834. The van der Waals surface area contributed by atoms with Crippen LogP contribution in [-0.2, 0) is 4.79 Å². The van der Waals surface area contributed by atoms with Crippen molar-refractivity contribution in [2.45, 2.75) is 45.6 Å². The molecule has 0 aromatic rings. The number of nitrogens with zero attached hydrogens (tertiary/aromatic N) is 1. The summed E-state index contributed by atoms with van der Waals surface area (Å²) in [6.07, 6.45) is 6.89. The number of piperidine rings is 1. The molecule has 1 unspecified atom stereocenters. The van der Waals surface area contributed by atoms with E-state index in [2.05, 4.69) is 17.1 Å². The van der Waals surface area contributed by atoms with E-state index in [1.54, 1.807) is 13.0 Å². The van der Waals surface area contributed by atoms with E-state index in [4.69, 9.17) is 5.11 Å². The van der Waals surface area contributed by atoms with Gasteiger partial charge in [0.2, 0.25) is 0 Å². The summed E-state index contributed by atoms with van der Waals surface area (Å²) in [4.78, 5) is 13.1. The summed E-state index contributed by atoms with van der Waals surface area (Å²) in [5.74, 6) is -0.834. The molecule has 0 aromatic heterocycles. The molecule has 1 aliphatic heterocycles. The Balaban J connectivity index is 2.05. The number of hydrogen-bond acceptors (Lipinski definition) is 3. The minimum Gasteiger partial charge on any atom is -0.478 e. The molecule has 0 spiro atoms. The van der Waals surface area contributed by atoms with Crippen LogP contribution in [0.5, 0.6) is 0 Å². The van der Waals surface area contributed by atoms with Crippen molar-refractivity contribution in [3.8, 4) is 0 Å². The molecule has 0 saturated carbocycles. The number of carbonyl (C=O) groups is 1. The third-order valence-electron chi connectivity index (χ3n) is 3.63. The zero-order valence-corrected chi connectivity index (χ0v) is 11.6. The van der Waals surface area contributed by atoms with Gasteiger partial charge >= 0.3 is 5.97 Å². The van der Waals surface area contributed by atoms with Gasteiger partial charge in [-0.1, -0.05) is 12.5 Å². The molecule has 1 saturated heterocycles. The van der Waals surface area contributed by atoms with Crippen LogP contribution in [0.25, 0.3) is 0 Å². The second-order valence-corrected chi connectivity index (χ2v) is 5.13. The van der Waals surface area contributed by atoms with Crippen LogP contribution in [0.1, 0.15) is 39.5 Å². The van der Waals surface area contributed by atoms with Crippen LogP contribution in [0, 0.1) is 0 Å². The summed E-state index contributed by atoms with van der Waals surface area (Å²) in [5, 5.41) is 11.9. The van der Waals surface area contributed by atoms with Gasteiger partial charge in [-0.15, -0.1) is 0 Å². The van der Waals surface area contributed by atoms with E-state index >= 15 is 0 Å². The number of nitrogens with one attached hydrogen (secondary N) is 1. The molecule has 0 aromatic carbocycles. The molecule has 1 heterocycles. The maximum Gasteiger partial charge on any atom is 0.330 e. The number of carboxylic acid groups (broad SMARTS) is 1. The molecule has 1 fully saturated rings. The van der Waals surface area contributed by atoms with Crippen LogP contribution in [0.15, 0.2) is 11.6 Å². The van der Waals surface area contributed by atoms with Gasteiger partial charge in [-0.05, 0) is 52.7 Å². The van der Waals surface area contributed by atoms with Gasteiger partial charge in [0, 0.05) is 18.2 Å². The van der Waals surface area contributed by atoms with Crippen molar-refractivity contribution < 1.29 is 9.90 Å². The van der Waals surface area contributed by atoms with Gasteiger partial charge in [0.1, 0.15) is 0 Å². The van der Waals surface area contributed by atoms with Gasteiger partial charge in [0.15, 0.2) is 0 Å². The molecule has 1 aliphatic rings. The highest BCUT2D eigenvalue weighted by molar-refractivity contribution is 5.85. The van der Waals surface area contributed by atoms with Gasteiger partial charge in [0.25, 0.3) is 0 Å². The summed E-state index contributed by atoms with van der Waals surface area (Å²) in [6, 6.07) is 0.730. The quantitative estimate of drug-likeness (QED) is 0.538. The highest BCUT2D eigenvalue weighted by atomic mass is 16.4. The third-order valence-corrected chi connectivity index (χ3v) is 3.63. The molecule has 104 valence electrons. The smallest absolute Gasteiger partial charge is 0.330 e. The average molecular weight is 254 g/mol. The molecule has 1 atom stereocenters. The first-order chi connectivity index (χ1) is 8.61. The largest absolute Gasteiger partial charge is 0.478 e. The van der Waals surface area contributed by atoms with Crippen LogP contribution in [-0.4, -0.2) is 48.2 Å². The van der Waals surface area contributed by atoms with Gasteiger partial charge in [-0.2, -0.15) is 0 Å². The molecule has 0 amide bonds. The Morgan fingerprint density at radius 1 is 1.50 bits per heavy atom. The van der Waals surface area contributed by atoms with E-state index in [1.165, 1.54) is 25.8 Å². The lowest BCUT2D eigenvalue weighted by molar-refractivity contribution is -0.132. The van der Waals surface area contributed by atoms with Gasteiger partial charge in [-0.3, -0.25) is 0 Å². The first-order valence-corrected chi connectivity index (χ1v) is 6.96. The number of aliphatic carboxylic acids is 1. The Morgan fingerprint density at radius 2 is 2.28 bits per heavy atom. The Labute approximate surface area is 110 Å². The van der Waals surface area contributed by atoms with Crippen LogP contribution >= 0.6 is 0 Å². The Morgan fingerprint density at radius 3 is 2.94 bits per heavy atom. The fraction of sp³-hybridized carbons (Fsp3) is 0.786. The zero-order valence-electron chi connectivity index (χ0n) is 11.6. The predicted molar refractivity (Wildman–Crippen MR) is 73.8 cm³/mol. The summed E-state index contributed by atoms with van der Waals surface area (Å²) in [5.41, 5.74) is 0.409. The van der Waals surface area contributed by atoms with Crippen LogP contribution in [0.3, 0.4) is 0 Å². The Bertz CT molecular complexity index is 290. The maximum absolute atomic E-state index is 10.6. The summed E-state index contributed by atoms with van der Waals surface area (Å²) in [6.45, 7) is 7.92. The van der Waals surface area contributed by atoms with Crippen molar-refractivity contribution in [1.29, 1.82) is 0 Å². The lowest BCUT2D eigenvalue weighted by Gasteiger charge is -2.33. The van der Waals surface area contributed by atoms with Crippen molar-refractivity contribution >= 4 is 5.97 Å². The predicted octanol–water partition coefficient (Wildman–Crippen LogP) is 1.87. The lowest BCUT2D eigenvalue weighted by atomic mass is 10.0. The SMILES string of the molecule is C/C(=C/CNCCCN1CCCCC1C)C(=O)O. The van der Waals surface area contributed by atoms with Crippen molar-refractivity contribution in [2.24, 2.45) is 0 Å². The fourth-order valence-corrected chi connectivity index (χ4v) is 2.31. The second-order valence-electron chi connectivity index (χ2n) is 5.13. The molecule has 1 rings (SSSR count).